The van der Waals surface area contributed by atoms with Gasteiger partial charge < -0.3 is 14.1 Å². The van der Waals surface area contributed by atoms with Gasteiger partial charge in [-0.15, -0.1) is 0 Å². The van der Waals surface area contributed by atoms with Crippen LogP contribution in [0, 0.1) is 0 Å². The standard InChI is InChI=1S/C17H19NO3/c19-17(15-8-10-20-13-15)18-9-11-21-16(12-18)7-6-14-4-2-1-3-5-14/h1-5,8,10,13,16H,6-7,9,11-12H2/t16-/m0/s1. The van der Waals surface area contributed by atoms with Crippen molar-refractivity contribution in [2.24, 2.45) is 0 Å². The van der Waals surface area contributed by atoms with Gasteiger partial charge >= 0.3 is 0 Å². The van der Waals surface area contributed by atoms with Crippen LogP contribution in [0.15, 0.2) is 53.3 Å². The minimum absolute atomic E-state index is 0.0248. The summed E-state index contributed by atoms with van der Waals surface area (Å²) in [5.41, 5.74) is 1.91. The molecule has 0 unspecified atom stereocenters. The van der Waals surface area contributed by atoms with Crippen LogP contribution in [-0.4, -0.2) is 36.6 Å². The number of hydrogen-bond donors (Lipinski definition) is 0. The number of hydrogen-bond acceptors (Lipinski definition) is 3. The largest absolute Gasteiger partial charge is 0.472 e. The second kappa shape index (κ2) is 6.59. The molecule has 1 fully saturated rings. The van der Waals surface area contributed by atoms with Crippen LogP contribution in [0.2, 0.25) is 0 Å². The molecular formula is C17H19NO3. The molecule has 4 heteroatoms. The third-order valence-corrected chi connectivity index (χ3v) is 3.79. The van der Waals surface area contributed by atoms with Crippen molar-refractivity contribution < 1.29 is 13.9 Å². The Kier molecular flexibility index (Phi) is 4.36. The lowest BCUT2D eigenvalue weighted by atomic mass is 10.1. The molecule has 1 atom stereocenters. The Labute approximate surface area is 124 Å². The lowest BCUT2D eigenvalue weighted by Gasteiger charge is -2.32. The quantitative estimate of drug-likeness (QED) is 0.867. The summed E-state index contributed by atoms with van der Waals surface area (Å²) in [4.78, 5) is 14.1. The molecule has 1 aliphatic rings. The molecule has 0 N–H and O–H groups in total. The molecule has 1 saturated heterocycles. The first-order chi connectivity index (χ1) is 10.3. The molecule has 0 radical (unpaired) electrons. The first-order valence-electron chi connectivity index (χ1n) is 7.30. The van der Waals surface area contributed by atoms with E-state index in [-0.39, 0.29) is 12.0 Å². The van der Waals surface area contributed by atoms with E-state index >= 15 is 0 Å². The van der Waals surface area contributed by atoms with Gasteiger partial charge in [0.2, 0.25) is 0 Å². The van der Waals surface area contributed by atoms with E-state index in [1.165, 1.54) is 18.1 Å². The molecule has 3 rings (SSSR count). The number of nitrogens with zero attached hydrogens (tertiary/aromatic N) is 1. The molecule has 4 nitrogen and oxygen atoms in total. The van der Waals surface area contributed by atoms with Crippen LogP contribution in [-0.2, 0) is 11.2 Å². The SMILES string of the molecule is O=C(c1ccoc1)N1CCO[C@@H](CCc2ccccc2)C1. The number of rotatable bonds is 4. The van der Waals surface area contributed by atoms with E-state index in [0.717, 1.165) is 12.8 Å². The highest BCUT2D eigenvalue weighted by molar-refractivity contribution is 5.93. The summed E-state index contributed by atoms with van der Waals surface area (Å²) in [6, 6.07) is 12.1. The molecule has 0 aliphatic carbocycles. The van der Waals surface area contributed by atoms with E-state index in [4.69, 9.17) is 9.15 Å². The van der Waals surface area contributed by atoms with E-state index in [1.807, 2.05) is 23.1 Å². The number of amides is 1. The Balaban J connectivity index is 1.55. The van der Waals surface area contributed by atoms with Gasteiger partial charge in [0.15, 0.2) is 0 Å². The Morgan fingerprint density at radius 1 is 1.24 bits per heavy atom. The van der Waals surface area contributed by atoms with E-state index in [9.17, 15) is 4.79 Å². The van der Waals surface area contributed by atoms with E-state index < -0.39 is 0 Å². The van der Waals surface area contributed by atoms with Gasteiger partial charge in [0.1, 0.15) is 6.26 Å². The van der Waals surface area contributed by atoms with Gasteiger partial charge in [-0.1, -0.05) is 30.3 Å². The van der Waals surface area contributed by atoms with Gasteiger partial charge in [0.25, 0.3) is 5.91 Å². The zero-order valence-electron chi connectivity index (χ0n) is 11.9. The van der Waals surface area contributed by atoms with E-state index in [0.29, 0.717) is 25.3 Å². The number of carbonyl (C=O) groups is 1. The maximum atomic E-state index is 12.3. The van der Waals surface area contributed by atoms with Crippen molar-refractivity contribution in [1.82, 2.24) is 4.90 Å². The summed E-state index contributed by atoms with van der Waals surface area (Å²) in [5.74, 6) is 0.0248. The second-order valence-corrected chi connectivity index (χ2v) is 5.28. The van der Waals surface area contributed by atoms with Crippen molar-refractivity contribution >= 4 is 5.91 Å². The van der Waals surface area contributed by atoms with E-state index in [1.54, 1.807) is 6.07 Å². The molecule has 2 aromatic rings. The molecule has 1 aromatic carbocycles. The molecule has 0 bridgehead atoms. The summed E-state index contributed by atoms with van der Waals surface area (Å²) in [6.07, 6.45) is 5.03. The van der Waals surface area contributed by atoms with Crippen LogP contribution in [0.1, 0.15) is 22.3 Å². The highest BCUT2D eigenvalue weighted by atomic mass is 16.5. The fraction of sp³-hybridized carbons (Fsp3) is 0.353. The van der Waals surface area contributed by atoms with Gasteiger partial charge in [-0.25, -0.2) is 0 Å². The number of benzene rings is 1. The molecular weight excluding hydrogens is 266 g/mol. The first kappa shape index (κ1) is 13.9. The lowest BCUT2D eigenvalue weighted by molar-refractivity contribution is -0.0246. The molecule has 1 aliphatic heterocycles. The molecule has 21 heavy (non-hydrogen) atoms. The average molecular weight is 285 g/mol. The van der Waals surface area contributed by atoms with Crippen LogP contribution in [0.25, 0.3) is 0 Å². The molecule has 110 valence electrons. The van der Waals surface area contributed by atoms with Gasteiger partial charge in [-0.3, -0.25) is 4.79 Å². The Morgan fingerprint density at radius 3 is 2.86 bits per heavy atom. The maximum Gasteiger partial charge on any atom is 0.257 e. The predicted molar refractivity (Wildman–Crippen MR) is 79.1 cm³/mol. The van der Waals surface area contributed by atoms with Gasteiger partial charge in [-0.2, -0.15) is 0 Å². The van der Waals surface area contributed by atoms with Crippen LogP contribution >= 0.6 is 0 Å². The first-order valence-corrected chi connectivity index (χ1v) is 7.30. The van der Waals surface area contributed by atoms with Crippen molar-refractivity contribution in [1.29, 1.82) is 0 Å². The topological polar surface area (TPSA) is 42.7 Å². The average Bonchev–Trinajstić information content (AvgIpc) is 3.08. The Morgan fingerprint density at radius 2 is 2.10 bits per heavy atom. The van der Waals surface area contributed by atoms with Crippen molar-refractivity contribution in [3.8, 4) is 0 Å². The monoisotopic (exact) mass is 285 g/mol. The molecule has 1 aromatic heterocycles. The lowest BCUT2D eigenvalue weighted by Crippen LogP contribution is -2.45. The van der Waals surface area contributed by atoms with Crippen LogP contribution < -0.4 is 0 Å². The number of aryl methyl sites for hydroxylation is 1. The van der Waals surface area contributed by atoms with Gasteiger partial charge in [-0.05, 0) is 24.5 Å². The Hall–Kier alpha value is -2.07. The summed E-state index contributed by atoms with van der Waals surface area (Å²) in [5, 5.41) is 0. The van der Waals surface area contributed by atoms with Crippen molar-refractivity contribution in [3.63, 3.8) is 0 Å². The Bertz CT molecular complexity index is 565. The molecule has 0 saturated carbocycles. The summed E-state index contributed by atoms with van der Waals surface area (Å²) in [6.45, 7) is 1.89. The molecule has 0 spiro atoms. The highest BCUT2D eigenvalue weighted by Gasteiger charge is 2.25. The van der Waals surface area contributed by atoms with Gasteiger partial charge in [0, 0.05) is 13.1 Å². The third-order valence-electron chi connectivity index (χ3n) is 3.79. The van der Waals surface area contributed by atoms with E-state index in [2.05, 4.69) is 12.1 Å². The minimum atomic E-state index is 0.0248. The van der Waals surface area contributed by atoms with Crippen molar-refractivity contribution in [2.75, 3.05) is 19.7 Å². The predicted octanol–water partition coefficient (Wildman–Crippen LogP) is 2.75. The number of morpholine rings is 1. The van der Waals surface area contributed by atoms with Crippen molar-refractivity contribution in [3.05, 3.63) is 60.1 Å². The third kappa shape index (κ3) is 3.52. The number of carbonyl (C=O) groups excluding carboxylic acids is 1. The minimum Gasteiger partial charge on any atom is -0.472 e. The van der Waals surface area contributed by atoms with Gasteiger partial charge in [0.05, 0.1) is 24.5 Å². The maximum absolute atomic E-state index is 12.3. The van der Waals surface area contributed by atoms with Crippen molar-refractivity contribution in [2.45, 2.75) is 18.9 Å². The normalized spacial score (nSPS) is 18.7. The summed E-state index contributed by atoms with van der Waals surface area (Å²) in [7, 11) is 0. The zero-order chi connectivity index (χ0) is 14.5. The fourth-order valence-corrected chi connectivity index (χ4v) is 2.62. The highest BCUT2D eigenvalue weighted by Crippen LogP contribution is 2.15. The van der Waals surface area contributed by atoms with Crippen LogP contribution in [0.3, 0.4) is 0 Å². The molecule has 2 heterocycles. The number of furan rings is 1. The zero-order valence-corrected chi connectivity index (χ0v) is 11.9. The summed E-state index contributed by atoms with van der Waals surface area (Å²) >= 11 is 0. The van der Waals surface area contributed by atoms with Crippen LogP contribution in [0.4, 0.5) is 0 Å². The smallest absolute Gasteiger partial charge is 0.257 e. The van der Waals surface area contributed by atoms with Crippen LogP contribution in [0.5, 0.6) is 0 Å². The molecule has 1 amide bonds. The summed E-state index contributed by atoms with van der Waals surface area (Å²) < 4.78 is 10.8. The number of ether oxygens (including phenoxy) is 1. The fourth-order valence-electron chi connectivity index (χ4n) is 2.62. The second-order valence-electron chi connectivity index (χ2n) is 5.28.